The Hall–Kier alpha value is -10.0. The predicted octanol–water partition coefficient (Wildman–Crippen LogP) is 18.4. The molecular formula is C107H187N11O20+8. The van der Waals surface area contributed by atoms with Gasteiger partial charge in [-0.1, -0.05) is 74.2 Å². The van der Waals surface area contributed by atoms with Gasteiger partial charge in [-0.25, -0.2) is 38.4 Å². The first kappa shape index (κ1) is 128. The minimum absolute atomic E-state index is 0.256. The van der Waals surface area contributed by atoms with Crippen LogP contribution in [-0.4, -0.2) is 364 Å². The van der Waals surface area contributed by atoms with Crippen LogP contribution in [0.1, 0.15) is 269 Å². The van der Waals surface area contributed by atoms with Gasteiger partial charge in [0.25, 0.3) is 0 Å². The Morgan fingerprint density at radius 3 is 0.645 bits per heavy atom. The molecule has 31 heteroatoms. The van der Waals surface area contributed by atoms with E-state index in [1.54, 1.807) is 110 Å². The molecule has 0 fully saturated rings. The SMILES string of the molecule is CC#CC(=O)OCC[N+](CC)(CCC)CCCC.CCCC[N+](CC)(CCC)CCOC(=O)c1ccco1.CCC[N+](CC)(CCC)CCOC(=O)c1ccc[nH]1.CCC[N+](CC)(CCC)CCOC(=O)c1ccco1.CC[N+](CC)(CC)CCOC(=O)c1ccc[nH]1.CC[N+](CC)(CC)CCOC(=O)c1ccco1.C[N+](C)(C)CCOC(=O)c1ccc[nH]1.C[N+](C)(C)CCOC(=O)c1ccco1. The average Bonchev–Trinajstić information content (AvgIpc) is 1.15. The highest BCUT2D eigenvalue weighted by molar-refractivity contribution is 5.90. The van der Waals surface area contributed by atoms with Crippen molar-refractivity contribution in [2.75, 3.05) is 265 Å². The lowest BCUT2D eigenvalue weighted by Gasteiger charge is -2.37. The fourth-order valence-corrected chi connectivity index (χ4v) is 15.8. The number of unbranched alkanes of at least 4 members (excludes halogenated alkanes) is 2. The summed E-state index contributed by atoms with van der Waals surface area (Å²) < 4.78 is 69.3. The number of H-pyrrole nitrogens is 3. The van der Waals surface area contributed by atoms with E-state index in [4.69, 9.17) is 55.6 Å². The van der Waals surface area contributed by atoms with Gasteiger partial charge < -0.3 is 106 Å². The van der Waals surface area contributed by atoms with Gasteiger partial charge in [0.15, 0.2) is 0 Å². The number of furan rings is 4. The van der Waals surface area contributed by atoms with Gasteiger partial charge in [0.2, 0.25) is 23.0 Å². The quantitative estimate of drug-likeness (QED) is 0.0105. The first-order valence-corrected chi connectivity index (χ1v) is 51.0. The van der Waals surface area contributed by atoms with Gasteiger partial charge in [0.1, 0.15) is 122 Å². The van der Waals surface area contributed by atoms with Crippen LogP contribution < -0.4 is 0 Å². The molecule has 782 valence electrons. The molecule has 0 saturated heterocycles. The molecule has 0 spiro atoms. The molecule has 31 nitrogen and oxygen atoms in total. The van der Waals surface area contributed by atoms with Gasteiger partial charge in [-0.05, 0) is 212 Å². The van der Waals surface area contributed by atoms with E-state index in [0.717, 1.165) is 212 Å². The molecule has 138 heavy (non-hydrogen) atoms. The number of aromatic amines is 3. The Labute approximate surface area is 829 Å². The van der Waals surface area contributed by atoms with Crippen molar-refractivity contribution in [2.24, 2.45) is 0 Å². The third kappa shape index (κ3) is 54.5. The Morgan fingerprint density at radius 2 is 0.464 bits per heavy atom. The zero-order valence-electron chi connectivity index (χ0n) is 90.0. The van der Waals surface area contributed by atoms with E-state index in [1.807, 2.05) is 21.1 Å². The normalized spacial score (nSPS) is 12.1. The Morgan fingerprint density at radius 1 is 0.254 bits per heavy atom. The van der Waals surface area contributed by atoms with Crippen LogP contribution >= 0.6 is 0 Å². The fraction of sp³-hybridized carbons (Fsp3) is 0.645. The third-order valence-corrected chi connectivity index (χ3v) is 25.2. The Bertz CT molecular complexity index is 4000. The summed E-state index contributed by atoms with van der Waals surface area (Å²) in [6.07, 6.45) is 22.9. The molecule has 0 aliphatic carbocycles. The molecule has 0 amide bonds. The van der Waals surface area contributed by atoms with Crippen LogP contribution in [0.15, 0.2) is 146 Å². The fourth-order valence-electron chi connectivity index (χ4n) is 15.8. The molecule has 2 unspecified atom stereocenters. The Kier molecular flexibility index (Phi) is 68.6. The number of nitrogens with zero attached hydrogens (tertiary/aromatic N) is 8. The summed E-state index contributed by atoms with van der Waals surface area (Å²) in [5.74, 6) is 3.32. The number of esters is 8. The zero-order chi connectivity index (χ0) is 104. The van der Waals surface area contributed by atoms with Crippen molar-refractivity contribution in [3.8, 4) is 11.8 Å². The van der Waals surface area contributed by atoms with Crippen molar-refractivity contribution in [1.29, 1.82) is 0 Å². The summed E-state index contributed by atoms with van der Waals surface area (Å²) >= 11 is 0. The van der Waals surface area contributed by atoms with E-state index in [2.05, 4.69) is 173 Å². The minimum atomic E-state index is -0.404. The number of hydrogen-bond donors (Lipinski definition) is 3. The van der Waals surface area contributed by atoms with Crippen molar-refractivity contribution in [3.05, 3.63) is 169 Å². The summed E-state index contributed by atoms with van der Waals surface area (Å²) in [6, 6.07) is 23.7. The molecule has 7 aromatic rings. The predicted molar refractivity (Wildman–Crippen MR) is 546 cm³/mol. The molecular weight excluding hydrogens is 1760 g/mol. The third-order valence-electron chi connectivity index (χ3n) is 25.2. The molecule has 0 aliphatic heterocycles. The second-order valence-electron chi connectivity index (χ2n) is 36.7. The standard InChI is InChI=1S/C16H28NO3.C15H26N2O2.C15H26NO3.C15H28NO2.C13H22N2O2.C13H22NO3.C10H16N2O2.C10H16NO3/c1-4-7-11-17(6-3,10-5-2)12-14-20-16(18)15-9-8-13-19-15;1-4-10-17(6-3,11-5-2)12-13-19-15(18)14-8-7-9-16-14;1-4-9-16(6-3,10-5-2)11-13-19-15(17)14-8-7-12-18-14;1-5-9-12-16(8-4,11-7-3)13-14-18-15(17)10-6-2;1-4-15(5-2,6-3)10-11-17-13(16)12-8-7-9-14-12;1-4-14(5-2,6-3)9-11-17-13(15)12-8-7-10-16-12;1-12(2,3)7-8-14-10(13)9-5-4-6-11-9;1-11(2,3)6-8-14-10(12)9-5-4-7-13-9/h8-9,13H,4-7,10-12,14H2,1-3H3;7-9H,4-6,10-13H2,1-3H3;7-8,12H,4-6,9-11,13H2,1-3H3;5,7-9,11-14H2,1-4H3;7-9H,4-6,10-11H2,1-3H3;7-8,10H,4-6,9,11H2,1-3H3;4-6H,7-8H2,1-3H3;4-5,7H,6,8H2,1-3H3/q+1;;2*+1;;+1;;+1/p+3. The monoisotopic (exact) mass is 1950 g/mol. The Balaban J connectivity index is 0.00000156. The molecule has 2 atom stereocenters. The minimum Gasteiger partial charge on any atom is -0.457 e. The van der Waals surface area contributed by atoms with Crippen LogP contribution in [0.5, 0.6) is 0 Å². The van der Waals surface area contributed by atoms with Crippen molar-refractivity contribution in [3.63, 3.8) is 0 Å². The van der Waals surface area contributed by atoms with Crippen molar-refractivity contribution in [1.82, 2.24) is 15.0 Å². The van der Waals surface area contributed by atoms with Gasteiger partial charge in [0.05, 0.1) is 185 Å². The highest BCUT2D eigenvalue weighted by atomic mass is 16.6. The number of hydrogen-bond acceptors (Lipinski definition) is 20. The lowest BCUT2D eigenvalue weighted by atomic mass is 10.2. The van der Waals surface area contributed by atoms with E-state index in [1.165, 1.54) is 83.1 Å². The molecule has 7 aromatic heterocycles. The van der Waals surface area contributed by atoms with Crippen molar-refractivity contribution >= 4 is 47.8 Å². The number of rotatable bonds is 59. The number of aromatic nitrogens is 3. The molecule has 0 radical (unpaired) electrons. The summed E-state index contributed by atoms with van der Waals surface area (Å²) in [6.45, 7) is 71.8. The second kappa shape index (κ2) is 74.0. The second-order valence-corrected chi connectivity index (χ2v) is 36.7. The van der Waals surface area contributed by atoms with Crippen LogP contribution in [0.2, 0.25) is 0 Å². The molecule has 3 N–H and O–H groups in total. The summed E-state index contributed by atoms with van der Waals surface area (Å²) in [7, 11) is 12.3. The van der Waals surface area contributed by atoms with Gasteiger partial charge in [-0.15, -0.1) is 0 Å². The first-order chi connectivity index (χ1) is 66.0. The zero-order valence-corrected chi connectivity index (χ0v) is 90.0. The lowest BCUT2D eigenvalue weighted by Crippen LogP contribution is -2.51. The van der Waals surface area contributed by atoms with E-state index in [0.29, 0.717) is 69.9 Å². The van der Waals surface area contributed by atoms with Gasteiger partial charge >= 0.3 is 47.8 Å². The molecule has 0 aromatic carbocycles. The maximum absolute atomic E-state index is 11.7. The maximum atomic E-state index is 11.7. The molecule has 7 heterocycles. The summed E-state index contributed by atoms with van der Waals surface area (Å²) in [5.41, 5.74) is 1.56. The summed E-state index contributed by atoms with van der Waals surface area (Å²) in [5, 5.41) is 0. The number of nitrogens with one attached hydrogen (secondary N) is 3. The van der Waals surface area contributed by atoms with Crippen LogP contribution in [0.25, 0.3) is 0 Å². The van der Waals surface area contributed by atoms with Crippen LogP contribution in [-0.2, 0) is 42.7 Å². The average molecular weight is 1950 g/mol. The number of carbonyl (C=O) groups is 8. The van der Waals surface area contributed by atoms with Crippen molar-refractivity contribution < 1.29 is 130 Å². The first-order valence-electron chi connectivity index (χ1n) is 51.0. The topological polar surface area (TPSA) is 310 Å². The smallest absolute Gasteiger partial charge is 0.384 e. The molecule has 0 aliphatic rings. The number of likely N-dealkylation sites (N-methyl/N-ethyl adjacent to an activating group) is 8. The largest absolute Gasteiger partial charge is 0.457 e. The van der Waals surface area contributed by atoms with E-state index >= 15 is 0 Å². The van der Waals surface area contributed by atoms with Crippen LogP contribution in [0.3, 0.4) is 0 Å². The van der Waals surface area contributed by atoms with Crippen molar-refractivity contribution in [2.45, 2.75) is 196 Å². The number of carbonyl (C=O) groups excluding carboxylic acids is 8. The highest BCUT2D eigenvalue weighted by Gasteiger charge is 2.30. The summed E-state index contributed by atoms with van der Waals surface area (Å²) in [4.78, 5) is 101. The van der Waals surface area contributed by atoms with E-state index < -0.39 is 11.9 Å². The van der Waals surface area contributed by atoms with Crippen LogP contribution in [0.4, 0.5) is 0 Å². The van der Waals surface area contributed by atoms with Gasteiger partial charge in [-0.3, -0.25) is 0 Å². The van der Waals surface area contributed by atoms with E-state index in [9.17, 15) is 38.4 Å². The van der Waals surface area contributed by atoms with Gasteiger partial charge in [0, 0.05) is 24.5 Å². The van der Waals surface area contributed by atoms with Gasteiger partial charge in [-0.2, -0.15) is 0 Å². The number of quaternary nitrogens is 8. The van der Waals surface area contributed by atoms with E-state index in [-0.39, 0.29) is 58.9 Å². The van der Waals surface area contributed by atoms with Crippen LogP contribution in [0, 0.1) is 11.8 Å². The number of ether oxygens (including phenoxy) is 8. The molecule has 0 saturated carbocycles. The lowest BCUT2D eigenvalue weighted by molar-refractivity contribution is -0.926. The molecule has 0 bridgehead atoms. The maximum Gasteiger partial charge on any atom is 0.384 e. The molecule has 7 rings (SSSR count). The highest BCUT2D eigenvalue weighted by Crippen LogP contribution is 2.18.